The Morgan fingerprint density at radius 2 is 2.00 bits per heavy atom. The van der Waals surface area contributed by atoms with Crippen LogP contribution in [0.3, 0.4) is 0 Å². The first-order valence-electron chi connectivity index (χ1n) is 6.61. The van der Waals surface area contributed by atoms with Gasteiger partial charge >= 0.3 is 6.18 Å². The molecule has 116 valence electrons. The predicted octanol–water partition coefficient (Wildman–Crippen LogP) is 3.82. The second-order valence-electron chi connectivity index (χ2n) is 4.74. The van der Waals surface area contributed by atoms with E-state index in [1.807, 2.05) is 0 Å². The summed E-state index contributed by atoms with van der Waals surface area (Å²) in [5.41, 5.74) is -0.00914. The van der Waals surface area contributed by atoms with Crippen molar-refractivity contribution in [3.63, 3.8) is 0 Å². The van der Waals surface area contributed by atoms with Gasteiger partial charge in [-0.3, -0.25) is 9.78 Å². The van der Waals surface area contributed by atoms with Gasteiger partial charge in [-0.05, 0) is 30.7 Å². The van der Waals surface area contributed by atoms with Crippen LogP contribution < -0.4 is 5.32 Å². The molecule has 0 unspecified atom stereocenters. The smallest absolute Gasteiger partial charge is 0.324 e. The van der Waals surface area contributed by atoms with Crippen LogP contribution in [0, 0.1) is 6.92 Å². The van der Waals surface area contributed by atoms with Crippen LogP contribution in [-0.4, -0.2) is 15.9 Å². The molecule has 0 aliphatic rings. The topological polar surface area (TPSA) is 54.9 Å². The Labute approximate surface area is 125 Å². The van der Waals surface area contributed by atoms with Crippen LogP contribution in [0.2, 0.25) is 0 Å². The Morgan fingerprint density at radius 1 is 1.27 bits per heavy atom. The van der Waals surface area contributed by atoms with Crippen molar-refractivity contribution < 1.29 is 18.0 Å². The van der Waals surface area contributed by atoms with E-state index in [-0.39, 0.29) is 17.8 Å². The normalized spacial score (nSPS) is 11.3. The Balaban J connectivity index is 2.50. The molecule has 0 radical (unpaired) electrons. The summed E-state index contributed by atoms with van der Waals surface area (Å²) in [7, 11) is 0. The number of hydrogen-bond donors (Lipinski definition) is 1. The monoisotopic (exact) mass is 309 g/mol. The maximum atomic E-state index is 13.1. The summed E-state index contributed by atoms with van der Waals surface area (Å²) in [6.07, 6.45) is -1.53. The fraction of sp³-hybridized carbons (Fsp3) is 0.267. The largest absolute Gasteiger partial charge is 0.435 e. The third-order valence-corrected chi connectivity index (χ3v) is 2.93. The zero-order valence-corrected chi connectivity index (χ0v) is 12.0. The molecule has 0 aliphatic carbocycles. The number of alkyl halides is 3. The van der Waals surface area contributed by atoms with Gasteiger partial charge in [-0.2, -0.15) is 13.2 Å². The van der Waals surface area contributed by atoms with Gasteiger partial charge in [0.05, 0.1) is 11.4 Å². The fourth-order valence-corrected chi connectivity index (χ4v) is 1.87. The SMILES string of the molecule is CCC(=O)Nc1ccc(-c2cncc(C)c2)nc1C(F)(F)F. The Kier molecular flexibility index (Phi) is 4.44. The highest BCUT2D eigenvalue weighted by atomic mass is 19.4. The molecule has 0 aliphatic heterocycles. The first kappa shape index (κ1) is 15.9. The van der Waals surface area contributed by atoms with Gasteiger partial charge in [-0.1, -0.05) is 6.92 Å². The Hall–Kier alpha value is -2.44. The zero-order valence-electron chi connectivity index (χ0n) is 12.0. The fourth-order valence-electron chi connectivity index (χ4n) is 1.87. The van der Waals surface area contributed by atoms with E-state index in [0.29, 0.717) is 5.56 Å². The van der Waals surface area contributed by atoms with Crippen LogP contribution in [0.15, 0.2) is 30.6 Å². The van der Waals surface area contributed by atoms with Crippen LogP contribution in [-0.2, 0) is 11.0 Å². The lowest BCUT2D eigenvalue weighted by atomic mass is 10.1. The number of carbonyl (C=O) groups is 1. The lowest BCUT2D eigenvalue weighted by molar-refractivity contribution is -0.140. The van der Waals surface area contributed by atoms with E-state index in [1.165, 1.54) is 18.3 Å². The minimum atomic E-state index is -4.66. The van der Waals surface area contributed by atoms with Crippen LogP contribution in [0.1, 0.15) is 24.6 Å². The zero-order chi connectivity index (χ0) is 16.3. The molecular weight excluding hydrogens is 295 g/mol. The van der Waals surface area contributed by atoms with Crippen LogP contribution in [0.25, 0.3) is 11.3 Å². The summed E-state index contributed by atoms with van der Waals surface area (Å²) in [5.74, 6) is -0.503. The van der Waals surface area contributed by atoms with Gasteiger partial charge in [0.2, 0.25) is 5.91 Å². The molecular formula is C15H14F3N3O. The number of nitrogens with one attached hydrogen (secondary N) is 1. The number of nitrogens with zero attached hydrogens (tertiary/aromatic N) is 2. The van der Waals surface area contributed by atoms with E-state index in [1.54, 1.807) is 26.1 Å². The summed E-state index contributed by atoms with van der Waals surface area (Å²) >= 11 is 0. The number of amides is 1. The van der Waals surface area contributed by atoms with E-state index < -0.39 is 17.8 Å². The van der Waals surface area contributed by atoms with Gasteiger partial charge < -0.3 is 5.32 Å². The molecule has 7 heteroatoms. The second-order valence-corrected chi connectivity index (χ2v) is 4.74. The molecule has 0 bridgehead atoms. The molecule has 4 nitrogen and oxygen atoms in total. The third-order valence-electron chi connectivity index (χ3n) is 2.93. The van der Waals surface area contributed by atoms with Gasteiger partial charge in [0.25, 0.3) is 0 Å². The molecule has 2 aromatic heterocycles. The lowest BCUT2D eigenvalue weighted by Gasteiger charge is -2.14. The number of pyridine rings is 2. The Morgan fingerprint density at radius 3 is 2.59 bits per heavy atom. The molecule has 0 saturated carbocycles. The maximum Gasteiger partial charge on any atom is 0.435 e. The minimum absolute atomic E-state index is 0.0842. The van der Waals surface area contributed by atoms with Gasteiger partial charge in [0, 0.05) is 24.4 Å². The molecule has 0 atom stereocenters. The summed E-state index contributed by atoms with van der Waals surface area (Å²) < 4.78 is 39.4. The maximum absolute atomic E-state index is 13.1. The number of anilines is 1. The molecule has 2 aromatic rings. The first-order chi connectivity index (χ1) is 10.3. The van der Waals surface area contributed by atoms with Crippen LogP contribution in [0.4, 0.5) is 18.9 Å². The van der Waals surface area contributed by atoms with Gasteiger partial charge in [0.1, 0.15) is 0 Å². The van der Waals surface area contributed by atoms with Crippen LogP contribution in [0.5, 0.6) is 0 Å². The van der Waals surface area contributed by atoms with E-state index in [2.05, 4.69) is 15.3 Å². The standard InChI is InChI=1S/C15H14F3N3O/c1-3-13(22)20-12-5-4-11(21-14(12)15(16,17)18)10-6-9(2)7-19-8-10/h4-8H,3H2,1-2H3,(H,20,22). The van der Waals surface area contributed by atoms with Crippen molar-refractivity contribution in [2.45, 2.75) is 26.4 Å². The van der Waals surface area contributed by atoms with Gasteiger partial charge in [-0.15, -0.1) is 0 Å². The van der Waals surface area contributed by atoms with Crippen molar-refractivity contribution in [1.82, 2.24) is 9.97 Å². The van der Waals surface area contributed by atoms with Crippen molar-refractivity contribution in [2.75, 3.05) is 5.32 Å². The van der Waals surface area contributed by atoms with E-state index in [9.17, 15) is 18.0 Å². The van der Waals surface area contributed by atoms with E-state index in [0.717, 1.165) is 5.56 Å². The van der Waals surface area contributed by atoms with Crippen LogP contribution >= 0.6 is 0 Å². The molecule has 0 saturated heterocycles. The van der Waals surface area contributed by atoms with Gasteiger partial charge in [0.15, 0.2) is 5.69 Å². The highest BCUT2D eigenvalue weighted by Crippen LogP contribution is 2.35. The van der Waals surface area contributed by atoms with E-state index >= 15 is 0 Å². The molecule has 1 amide bonds. The highest BCUT2D eigenvalue weighted by molar-refractivity contribution is 5.91. The average Bonchev–Trinajstić information content (AvgIpc) is 2.46. The minimum Gasteiger partial charge on any atom is -0.324 e. The number of halogens is 3. The number of hydrogen-bond acceptors (Lipinski definition) is 3. The summed E-state index contributed by atoms with van der Waals surface area (Å²) in [6, 6.07) is 4.33. The van der Waals surface area contributed by atoms with Crippen molar-refractivity contribution in [2.24, 2.45) is 0 Å². The molecule has 22 heavy (non-hydrogen) atoms. The van der Waals surface area contributed by atoms with Crippen molar-refractivity contribution in [3.8, 4) is 11.3 Å². The number of rotatable bonds is 3. The quantitative estimate of drug-likeness (QED) is 0.937. The predicted molar refractivity (Wildman–Crippen MR) is 76.1 cm³/mol. The van der Waals surface area contributed by atoms with Crippen molar-refractivity contribution >= 4 is 11.6 Å². The average molecular weight is 309 g/mol. The van der Waals surface area contributed by atoms with Gasteiger partial charge in [-0.25, -0.2) is 4.98 Å². The molecule has 0 fully saturated rings. The van der Waals surface area contributed by atoms with Crippen molar-refractivity contribution in [3.05, 3.63) is 41.9 Å². The summed E-state index contributed by atoms with van der Waals surface area (Å²) in [6.45, 7) is 3.35. The number of aromatic nitrogens is 2. The van der Waals surface area contributed by atoms with E-state index in [4.69, 9.17) is 0 Å². The summed E-state index contributed by atoms with van der Waals surface area (Å²) in [4.78, 5) is 19.0. The first-order valence-corrected chi connectivity index (χ1v) is 6.61. The molecule has 0 aromatic carbocycles. The number of carbonyl (C=O) groups excluding carboxylic acids is 1. The lowest BCUT2D eigenvalue weighted by Crippen LogP contribution is -2.17. The third kappa shape index (κ3) is 3.60. The molecule has 1 N–H and O–H groups in total. The molecule has 0 spiro atoms. The Bertz CT molecular complexity index is 699. The second kappa shape index (κ2) is 6.13. The van der Waals surface area contributed by atoms with Crippen molar-refractivity contribution in [1.29, 1.82) is 0 Å². The molecule has 2 rings (SSSR count). The molecule has 2 heterocycles. The summed E-state index contributed by atoms with van der Waals surface area (Å²) in [5, 5.41) is 2.22. The highest BCUT2D eigenvalue weighted by Gasteiger charge is 2.36. The number of aryl methyl sites for hydroxylation is 1.